The summed E-state index contributed by atoms with van der Waals surface area (Å²) in [6.07, 6.45) is 6.78. The highest BCUT2D eigenvalue weighted by Gasteiger charge is 2.61. The van der Waals surface area contributed by atoms with Crippen molar-refractivity contribution in [3.05, 3.63) is 51.8 Å². The summed E-state index contributed by atoms with van der Waals surface area (Å²) < 4.78 is 10.9. The molecule has 13 heteroatoms. The summed E-state index contributed by atoms with van der Waals surface area (Å²) in [5, 5.41) is 18.4. The second-order valence-corrected chi connectivity index (χ2v) is 9.62. The van der Waals surface area contributed by atoms with Gasteiger partial charge in [-0.25, -0.2) is 9.59 Å². The van der Waals surface area contributed by atoms with E-state index in [2.05, 4.69) is 16.2 Å². The van der Waals surface area contributed by atoms with Crippen LogP contribution in [0, 0.1) is 22.5 Å². The number of hydrogen-bond acceptors (Lipinski definition) is 10. The molecule has 0 saturated carbocycles. The normalized spacial score (nSPS) is 22.9. The molecule has 2 aliphatic heterocycles. The van der Waals surface area contributed by atoms with Gasteiger partial charge < -0.3 is 14.4 Å². The summed E-state index contributed by atoms with van der Waals surface area (Å²) in [7, 11) is 0. The molecule has 0 aliphatic carbocycles. The molecule has 34 heavy (non-hydrogen) atoms. The molecule has 0 bridgehead atoms. The van der Waals surface area contributed by atoms with Crippen molar-refractivity contribution in [1.82, 2.24) is 19.9 Å². The summed E-state index contributed by atoms with van der Waals surface area (Å²) in [6.45, 7) is 1.69. The van der Waals surface area contributed by atoms with Crippen molar-refractivity contribution in [2.75, 3.05) is 6.61 Å². The van der Waals surface area contributed by atoms with Crippen molar-refractivity contribution in [2.24, 2.45) is 0 Å². The predicted octanol–water partition coefficient (Wildman–Crippen LogP) is 1.15. The van der Waals surface area contributed by atoms with Gasteiger partial charge in [0.2, 0.25) is 5.91 Å². The lowest BCUT2D eigenvalue weighted by atomic mass is 9.96. The van der Waals surface area contributed by atoms with Crippen LogP contribution in [0.2, 0.25) is 0 Å². The van der Waals surface area contributed by atoms with E-state index in [1.807, 2.05) is 6.92 Å². The van der Waals surface area contributed by atoms with Gasteiger partial charge in [0.1, 0.15) is 12.6 Å². The zero-order valence-electron chi connectivity index (χ0n) is 17.9. The fourth-order valence-electron chi connectivity index (χ4n) is 3.89. The van der Waals surface area contributed by atoms with Crippen molar-refractivity contribution in [3.63, 3.8) is 0 Å². The molecule has 3 heterocycles. The number of esters is 2. The number of thioether (sulfide) groups is 1. The van der Waals surface area contributed by atoms with Gasteiger partial charge in [0.05, 0.1) is 34.2 Å². The van der Waals surface area contributed by atoms with Crippen molar-refractivity contribution >= 4 is 35.3 Å². The molecule has 1 aromatic carbocycles. The first-order valence-corrected chi connectivity index (χ1v) is 11.0. The van der Waals surface area contributed by atoms with Gasteiger partial charge in [0, 0.05) is 12.1 Å². The van der Waals surface area contributed by atoms with Crippen LogP contribution in [-0.2, 0) is 32.2 Å². The van der Waals surface area contributed by atoms with Crippen LogP contribution in [-0.4, -0.2) is 65.4 Å². The van der Waals surface area contributed by atoms with E-state index in [4.69, 9.17) is 15.9 Å². The molecule has 3 atom stereocenters. The Bertz CT molecular complexity index is 1190. The van der Waals surface area contributed by atoms with Crippen LogP contribution in [0.5, 0.6) is 0 Å². The van der Waals surface area contributed by atoms with Gasteiger partial charge in [-0.1, -0.05) is 11.1 Å². The third-order valence-electron chi connectivity index (χ3n) is 5.47. The van der Waals surface area contributed by atoms with E-state index in [0.717, 1.165) is 0 Å². The fourth-order valence-corrected chi connectivity index (χ4v) is 5.63. The topological polar surface area (TPSA) is 147 Å². The van der Waals surface area contributed by atoms with E-state index in [-0.39, 0.29) is 42.4 Å². The molecule has 4 rings (SSSR count). The number of carbonyl (C=O) groups excluding carboxylic acids is 3. The van der Waals surface area contributed by atoms with E-state index >= 15 is 0 Å². The Balaban J connectivity index is 1.47. The van der Waals surface area contributed by atoms with Gasteiger partial charge in [-0.2, -0.15) is 0 Å². The molecule has 12 nitrogen and oxygen atoms in total. The van der Waals surface area contributed by atoms with E-state index in [1.54, 1.807) is 0 Å². The number of β-lactam (4-membered cyclic amide) rings is 1. The number of non-ortho nitro benzene ring substituents is 1. The molecule has 0 N–H and O–H groups in total. The molecule has 2 saturated heterocycles. The number of nitrogens with zero attached hydrogens (tertiary/aromatic N) is 5. The summed E-state index contributed by atoms with van der Waals surface area (Å²) in [4.78, 5) is 49.1. The molecule has 1 aromatic heterocycles. The number of ether oxygens (including phenoxy) is 2. The number of hydrogen-bond donors (Lipinski definition) is 0. The van der Waals surface area contributed by atoms with Crippen molar-refractivity contribution < 1.29 is 28.8 Å². The van der Waals surface area contributed by atoms with Crippen LogP contribution in [0.25, 0.3) is 0 Å². The maximum Gasteiger partial charge on any atom is 0.361 e. The largest absolute Gasteiger partial charge is 0.459 e. The Labute approximate surface area is 197 Å². The molecule has 2 fully saturated rings. The first kappa shape index (κ1) is 23.2. The molecular formula is C21H19N5O7S. The number of nitro groups is 1. The minimum Gasteiger partial charge on any atom is -0.459 e. The van der Waals surface area contributed by atoms with Crippen LogP contribution in [0.15, 0.2) is 30.5 Å². The number of amides is 1. The van der Waals surface area contributed by atoms with Crippen LogP contribution in [0.1, 0.15) is 29.4 Å². The van der Waals surface area contributed by atoms with Gasteiger partial charge in [-0.05, 0) is 24.6 Å². The average Bonchev–Trinajstić information content (AvgIpc) is 3.36. The minimum absolute atomic E-state index is 0.0292. The highest BCUT2D eigenvalue weighted by Crippen LogP contribution is 2.52. The summed E-state index contributed by atoms with van der Waals surface area (Å²) >= 11 is 1.45. The van der Waals surface area contributed by atoms with Crippen LogP contribution >= 0.6 is 11.8 Å². The molecule has 0 spiro atoms. The van der Waals surface area contributed by atoms with E-state index in [9.17, 15) is 24.5 Å². The van der Waals surface area contributed by atoms with Gasteiger partial charge in [-0.15, -0.1) is 23.3 Å². The lowest BCUT2D eigenvalue weighted by Gasteiger charge is -2.37. The highest BCUT2D eigenvalue weighted by atomic mass is 32.2. The number of aromatic nitrogens is 3. The monoisotopic (exact) mass is 485 g/mol. The number of nitro benzene ring substituents is 1. The average molecular weight is 485 g/mol. The number of carbonyl (C=O) groups is 3. The Kier molecular flexibility index (Phi) is 6.25. The Morgan fingerprint density at radius 1 is 1.35 bits per heavy atom. The maximum atomic E-state index is 13.1. The fraction of sp³-hybridized carbons (Fsp3) is 0.381. The third kappa shape index (κ3) is 4.44. The lowest BCUT2D eigenvalue weighted by molar-refractivity contribution is -0.384. The standard InChI is InChI=1S/C21H19N5O7S/c1-3-8-32-19(28)15-10-24(23-22-15)12-21(2)18(25-16(27)9-17(25)34-21)20(29)33-11-13-4-6-14(7-5-13)26(30)31/h1,4-7,10,17-18H,8-9,11-12H2,2H3/t17-,18-,21-/m0/s1. The van der Waals surface area contributed by atoms with Crippen LogP contribution < -0.4 is 0 Å². The second kappa shape index (κ2) is 9.14. The van der Waals surface area contributed by atoms with Gasteiger partial charge in [0.25, 0.3) is 5.69 Å². The Morgan fingerprint density at radius 2 is 2.09 bits per heavy atom. The Hall–Kier alpha value is -3.92. The SMILES string of the molecule is C#CCOC(=O)c1cn(C[C@]2(C)S[C@H]3CC(=O)N3[C@H]2C(=O)OCc2ccc([N+](=O)[O-])cc2)nn1. The molecule has 176 valence electrons. The second-order valence-electron chi connectivity index (χ2n) is 7.91. The zero-order chi connectivity index (χ0) is 24.5. The third-order valence-corrected chi connectivity index (χ3v) is 7.03. The minimum atomic E-state index is -0.886. The zero-order valence-corrected chi connectivity index (χ0v) is 18.8. The first-order valence-electron chi connectivity index (χ1n) is 10.1. The molecule has 0 radical (unpaired) electrons. The van der Waals surface area contributed by atoms with Crippen molar-refractivity contribution in [2.45, 2.75) is 42.7 Å². The lowest BCUT2D eigenvalue weighted by Crippen LogP contribution is -2.58. The van der Waals surface area contributed by atoms with Gasteiger partial charge in [0.15, 0.2) is 12.3 Å². The molecular weight excluding hydrogens is 466 g/mol. The number of benzene rings is 1. The van der Waals surface area contributed by atoms with Crippen LogP contribution in [0.3, 0.4) is 0 Å². The summed E-state index contributed by atoms with van der Waals surface area (Å²) in [6, 6.07) is 4.77. The smallest absolute Gasteiger partial charge is 0.361 e. The van der Waals surface area contributed by atoms with Gasteiger partial charge >= 0.3 is 11.9 Å². The highest BCUT2D eigenvalue weighted by molar-refractivity contribution is 8.01. The molecule has 2 aromatic rings. The van der Waals surface area contributed by atoms with Crippen molar-refractivity contribution in [1.29, 1.82) is 0 Å². The van der Waals surface area contributed by atoms with E-state index in [1.165, 1.54) is 51.8 Å². The Morgan fingerprint density at radius 3 is 2.74 bits per heavy atom. The van der Waals surface area contributed by atoms with Gasteiger partial charge in [-0.3, -0.25) is 19.6 Å². The van der Waals surface area contributed by atoms with Crippen molar-refractivity contribution in [3.8, 4) is 12.3 Å². The maximum absolute atomic E-state index is 13.1. The van der Waals surface area contributed by atoms with E-state index in [0.29, 0.717) is 12.0 Å². The molecule has 1 amide bonds. The first-order chi connectivity index (χ1) is 16.2. The molecule has 2 aliphatic rings. The summed E-state index contributed by atoms with van der Waals surface area (Å²) in [5.74, 6) is 0.718. The quantitative estimate of drug-likeness (QED) is 0.175. The number of terminal acetylenes is 1. The molecule has 0 unspecified atom stereocenters. The van der Waals surface area contributed by atoms with E-state index < -0.39 is 27.7 Å². The number of fused-ring (bicyclic) bond motifs is 1. The predicted molar refractivity (Wildman–Crippen MR) is 117 cm³/mol. The summed E-state index contributed by atoms with van der Waals surface area (Å²) in [5.41, 5.74) is 0.474. The van der Waals surface area contributed by atoms with Crippen LogP contribution in [0.4, 0.5) is 5.69 Å². The number of rotatable bonds is 8.